The minimum atomic E-state index is -3.77. The summed E-state index contributed by atoms with van der Waals surface area (Å²) in [6.07, 6.45) is 5.73. The Morgan fingerprint density at radius 2 is 1.87 bits per heavy atom. The highest BCUT2D eigenvalue weighted by Crippen LogP contribution is 2.42. The zero-order valence-corrected chi connectivity index (χ0v) is 19.6. The highest BCUT2D eigenvalue weighted by Gasteiger charge is 2.45. The third-order valence-corrected chi connectivity index (χ3v) is 9.73. The number of methoxy groups -OCH3 is 1. The maximum absolute atomic E-state index is 13.2. The van der Waals surface area contributed by atoms with Gasteiger partial charge >= 0.3 is 5.97 Å². The molecular formula is C21H24N2O5S3. The molecule has 10 heteroatoms. The van der Waals surface area contributed by atoms with Gasteiger partial charge in [0.25, 0.3) is 0 Å². The second kappa shape index (κ2) is 8.85. The maximum atomic E-state index is 13.2. The zero-order chi connectivity index (χ0) is 22.1. The van der Waals surface area contributed by atoms with Gasteiger partial charge in [0.15, 0.2) is 0 Å². The van der Waals surface area contributed by atoms with Gasteiger partial charge in [-0.05, 0) is 64.6 Å². The van der Waals surface area contributed by atoms with Crippen molar-refractivity contribution in [1.29, 1.82) is 0 Å². The minimum Gasteiger partial charge on any atom is -0.465 e. The third kappa shape index (κ3) is 4.48. The molecule has 2 aromatic heterocycles. The molecule has 2 fully saturated rings. The Balaban J connectivity index is 1.40. The van der Waals surface area contributed by atoms with Gasteiger partial charge in [0.05, 0.1) is 7.11 Å². The number of carbonyl (C=O) groups excluding carboxylic acids is 2. The van der Waals surface area contributed by atoms with Crippen LogP contribution in [-0.4, -0.2) is 62.8 Å². The molecule has 2 aliphatic rings. The van der Waals surface area contributed by atoms with Crippen LogP contribution in [-0.2, 0) is 19.6 Å². The molecule has 0 bridgehead atoms. The van der Waals surface area contributed by atoms with Gasteiger partial charge in [0, 0.05) is 32.3 Å². The summed E-state index contributed by atoms with van der Waals surface area (Å²) >= 11 is 2.66. The van der Waals surface area contributed by atoms with E-state index >= 15 is 0 Å². The molecule has 2 aromatic rings. The first-order valence-corrected chi connectivity index (χ1v) is 13.3. The molecule has 1 amide bonds. The number of amides is 1. The molecule has 0 unspecified atom stereocenters. The number of carbonyl (C=O) groups is 2. The summed E-state index contributed by atoms with van der Waals surface area (Å²) in [5, 5.41) is 5.55. The minimum absolute atomic E-state index is 0.00971. The van der Waals surface area contributed by atoms with Crippen molar-refractivity contribution < 1.29 is 22.7 Å². The SMILES string of the molecule is COC(=O)c1sccc1S(=O)(=O)N1CCC2(CCN(C(=O)C=Cc3ccsc3)CC2)C1. The van der Waals surface area contributed by atoms with Crippen LogP contribution in [0.25, 0.3) is 6.08 Å². The molecule has 31 heavy (non-hydrogen) atoms. The molecule has 7 nitrogen and oxygen atoms in total. The number of piperidine rings is 1. The lowest BCUT2D eigenvalue weighted by molar-refractivity contribution is -0.128. The number of nitrogens with zero attached hydrogens (tertiary/aromatic N) is 2. The lowest BCUT2D eigenvalue weighted by atomic mass is 9.78. The molecule has 0 aromatic carbocycles. The van der Waals surface area contributed by atoms with Crippen molar-refractivity contribution in [3.63, 3.8) is 0 Å². The van der Waals surface area contributed by atoms with Crippen LogP contribution in [0.1, 0.15) is 34.5 Å². The fourth-order valence-corrected chi connectivity index (χ4v) is 7.72. The first-order valence-electron chi connectivity index (χ1n) is 10.00. The quantitative estimate of drug-likeness (QED) is 0.484. The average Bonchev–Trinajstić information content (AvgIpc) is 3.53. The van der Waals surface area contributed by atoms with Gasteiger partial charge < -0.3 is 9.64 Å². The van der Waals surface area contributed by atoms with Crippen molar-refractivity contribution in [3.8, 4) is 0 Å². The van der Waals surface area contributed by atoms with Crippen LogP contribution < -0.4 is 0 Å². The Kier molecular flexibility index (Phi) is 6.34. The summed E-state index contributed by atoms with van der Waals surface area (Å²) in [7, 11) is -2.52. The summed E-state index contributed by atoms with van der Waals surface area (Å²) in [5.41, 5.74) is 0.894. The van der Waals surface area contributed by atoms with Gasteiger partial charge in [-0.1, -0.05) is 0 Å². The molecular weight excluding hydrogens is 456 g/mol. The van der Waals surface area contributed by atoms with Gasteiger partial charge in [-0.25, -0.2) is 13.2 Å². The van der Waals surface area contributed by atoms with Gasteiger partial charge in [-0.15, -0.1) is 11.3 Å². The number of thiophene rings is 2. The molecule has 2 aliphatic heterocycles. The van der Waals surface area contributed by atoms with E-state index in [0.717, 1.165) is 36.2 Å². The molecule has 0 aliphatic carbocycles. The normalized spacial score (nSPS) is 19.3. The van der Waals surface area contributed by atoms with Gasteiger partial charge in [0.2, 0.25) is 15.9 Å². The first kappa shape index (κ1) is 22.2. The van der Waals surface area contributed by atoms with Crippen LogP contribution in [0.2, 0.25) is 0 Å². The molecule has 2 saturated heterocycles. The average molecular weight is 481 g/mol. The topological polar surface area (TPSA) is 84.0 Å². The standard InChI is InChI=1S/C21H24N2O5S3/c1-28-20(25)19-17(5-13-30-19)31(26,27)23-11-8-21(15-23)6-9-22(10-7-21)18(24)3-2-16-4-12-29-14-16/h2-5,12-14H,6-11,15H2,1H3. The first-order chi connectivity index (χ1) is 14.8. The molecule has 1 spiro atoms. The van der Waals surface area contributed by atoms with E-state index in [-0.39, 0.29) is 21.1 Å². The maximum Gasteiger partial charge on any atom is 0.349 e. The van der Waals surface area contributed by atoms with E-state index in [1.807, 2.05) is 27.8 Å². The molecule has 0 N–H and O–H groups in total. The number of ether oxygens (including phenoxy) is 1. The Bertz CT molecular complexity index is 1080. The van der Waals surface area contributed by atoms with Crippen molar-refractivity contribution in [1.82, 2.24) is 9.21 Å². The number of hydrogen-bond acceptors (Lipinski definition) is 7. The number of likely N-dealkylation sites (tertiary alicyclic amines) is 1. The highest BCUT2D eigenvalue weighted by molar-refractivity contribution is 7.89. The van der Waals surface area contributed by atoms with E-state index in [0.29, 0.717) is 26.2 Å². The van der Waals surface area contributed by atoms with Crippen LogP contribution in [0, 0.1) is 5.41 Å². The van der Waals surface area contributed by atoms with E-state index in [1.165, 1.54) is 17.5 Å². The van der Waals surface area contributed by atoms with Gasteiger partial charge in [-0.2, -0.15) is 15.6 Å². The van der Waals surface area contributed by atoms with Crippen LogP contribution in [0.5, 0.6) is 0 Å². The van der Waals surface area contributed by atoms with Crippen molar-refractivity contribution in [2.24, 2.45) is 5.41 Å². The van der Waals surface area contributed by atoms with Crippen molar-refractivity contribution >= 4 is 50.6 Å². The Morgan fingerprint density at radius 1 is 1.13 bits per heavy atom. The summed E-state index contributed by atoms with van der Waals surface area (Å²) in [6, 6.07) is 3.44. The van der Waals surface area contributed by atoms with E-state index in [4.69, 9.17) is 4.74 Å². The molecule has 166 valence electrons. The Labute approximate surface area is 190 Å². The highest BCUT2D eigenvalue weighted by atomic mass is 32.2. The molecule has 0 radical (unpaired) electrons. The van der Waals surface area contributed by atoms with Crippen LogP contribution in [0.15, 0.2) is 39.2 Å². The van der Waals surface area contributed by atoms with Crippen LogP contribution >= 0.6 is 22.7 Å². The van der Waals surface area contributed by atoms with E-state index in [2.05, 4.69) is 0 Å². The van der Waals surface area contributed by atoms with Gasteiger partial charge in [0.1, 0.15) is 9.77 Å². The van der Waals surface area contributed by atoms with Crippen molar-refractivity contribution in [2.45, 2.75) is 24.2 Å². The fraction of sp³-hybridized carbons (Fsp3) is 0.429. The number of sulfonamides is 1. The number of hydrogen-bond donors (Lipinski definition) is 0. The number of esters is 1. The van der Waals surface area contributed by atoms with Crippen molar-refractivity contribution in [3.05, 3.63) is 44.8 Å². The summed E-state index contributed by atoms with van der Waals surface area (Å²) in [5.74, 6) is -0.644. The lowest BCUT2D eigenvalue weighted by Crippen LogP contribution is -2.44. The summed E-state index contributed by atoms with van der Waals surface area (Å²) < 4.78 is 32.6. The zero-order valence-electron chi connectivity index (χ0n) is 17.2. The molecule has 0 saturated carbocycles. The molecule has 0 atom stereocenters. The van der Waals surface area contributed by atoms with E-state index < -0.39 is 16.0 Å². The van der Waals surface area contributed by atoms with Crippen molar-refractivity contribution in [2.75, 3.05) is 33.3 Å². The fourth-order valence-electron chi connectivity index (χ4n) is 4.23. The Hall–Kier alpha value is -2.01. The molecule has 4 rings (SSSR count). The predicted molar refractivity (Wildman–Crippen MR) is 121 cm³/mol. The van der Waals surface area contributed by atoms with Crippen LogP contribution in [0.3, 0.4) is 0 Å². The summed E-state index contributed by atoms with van der Waals surface area (Å²) in [6.45, 7) is 2.07. The predicted octanol–water partition coefficient (Wildman–Crippen LogP) is 3.31. The van der Waals surface area contributed by atoms with Crippen LogP contribution in [0.4, 0.5) is 0 Å². The van der Waals surface area contributed by atoms with E-state index in [9.17, 15) is 18.0 Å². The Morgan fingerprint density at radius 3 is 2.55 bits per heavy atom. The molecule has 4 heterocycles. The third-order valence-electron chi connectivity index (χ3n) is 6.12. The van der Waals surface area contributed by atoms with E-state index in [1.54, 1.807) is 22.8 Å². The second-order valence-corrected chi connectivity index (χ2v) is 11.5. The van der Waals surface area contributed by atoms with Gasteiger partial charge in [-0.3, -0.25) is 4.79 Å². The monoisotopic (exact) mass is 480 g/mol. The second-order valence-electron chi connectivity index (χ2n) is 7.91. The lowest BCUT2D eigenvalue weighted by Gasteiger charge is -2.39. The smallest absolute Gasteiger partial charge is 0.349 e. The number of rotatable bonds is 5. The summed E-state index contributed by atoms with van der Waals surface area (Å²) in [4.78, 5) is 26.4. The largest absolute Gasteiger partial charge is 0.465 e.